The number of aromatic nitrogens is 2. The van der Waals surface area contributed by atoms with Crippen molar-refractivity contribution in [2.24, 2.45) is 0 Å². The highest BCUT2D eigenvalue weighted by Crippen LogP contribution is 2.08. The van der Waals surface area contributed by atoms with Crippen LogP contribution in [0.2, 0.25) is 0 Å². The summed E-state index contributed by atoms with van der Waals surface area (Å²) < 4.78 is 4.87. The van der Waals surface area contributed by atoms with Crippen LogP contribution in [0.25, 0.3) is 0 Å². The highest BCUT2D eigenvalue weighted by molar-refractivity contribution is 5.20. The van der Waals surface area contributed by atoms with E-state index in [-0.39, 0.29) is 0 Å². The number of methoxy groups -OCH3 is 1. The van der Waals surface area contributed by atoms with Gasteiger partial charge in [0.2, 0.25) is 5.88 Å². The smallest absolute Gasteiger partial charge is 0.236 e. The van der Waals surface area contributed by atoms with Gasteiger partial charge in [-0.15, -0.1) is 5.10 Å². The number of hydrogen-bond acceptors (Lipinski definition) is 3. The quantitative estimate of drug-likeness (QED) is 0.619. The Hall–Kier alpha value is -1.12. The van der Waals surface area contributed by atoms with Crippen molar-refractivity contribution in [3.05, 3.63) is 17.8 Å². The van der Waals surface area contributed by atoms with Gasteiger partial charge < -0.3 is 4.74 Å². The van der Waals surface area contributed by atoms with Gasteiger partial charge in [-0.25, -0.2) is 0 Å². The van der Waals surface area contributed by atoms with E-state index in [0.717, 1.165) is 5.56 Å². The van der Waals surface area contributed by atoms with Crippen LogP contribution in [-0.2, 0) is 0 Å². The fourth-order valence-corrected chi connectivity index (χ4v) is 0.583. The van der Waals surface area contributed by atoms with Gasteiger partial charge in [-0.05, 0) is 13.0 Å². The Morgan fingerprint density at radius 1 is 1.36 bits per heavy atom. The molecule has 0 atom stereocenters. The standard InChI is InChI=1S/C6H8N2O.C2H6/c1-5-3-4-7-8-6(5)9-2;1-2/h3-4H,1-2H3;1-2H3. The zero-order valence-corrected chi connectivity index (χ0v) is 7.46. The van der Waals surface area contributed by atoms with Crippen LogP contribution in [0.1, 0.15) is 19.4 Å². The van der Waals surface area contributed by atoms with Gasteiger partial charge in [0.15, 0.2) is 0 Å². The molecule has 3 nitrogen and oxygen atoms in total. The monoisotopic (exact) mass is 154 g/mol. The van der Waals surface area contributed by atoms with Crippen LogP contribution in [-0.4, -0.2) is 17.3 Å². The molecule has 0 radical (unpaired) electrons. The van der Waals surface area contributed by atoms with E-state index in [4.69, 9.17) is 4.74 Å². The zero-order valence-electron chi connectivity index (χ0n) is 7.46. The van der Waals surface area contributed by atoms with Crippen molar-refractivity contribution < 1.29 is 4.74 Å². The zero-order chi connectivity index (χ0) is 8.69. The Balaban J connectivity index is 0.000000461. The first kappa shape index (κ1) is 9.88. The lowest BCUT2D eigenvalue weighted by molar-refractivity contribution is 0.388. The molecule has 0 aliphatic rings. The molecule has 0 unspecified atom stereocenters. The summed E-state index contributed by atoms with van der Waals surface area (Å²) in [6.07, 6.45) is 1.64. The van der Waals surface area contributed by atoms with Crippen molar-refractivity contribution in [1.29, 1.82) is 0 Å². The van der Waals surface area contributed by atoms with Crippen molar-refractivity contribution in [2.45, 2.75) is 20.8 Å². The minimum absolute atomic E-state index is 0.595. The van der Waals surface area contributed by atoms with Gasteiger partial charge in [0.1, 0.15) is 0 Å². The second-order valence-electron chi connectivity index (χ2n) is 1.72. The average Bonchev–Trinajstić information content (AvgIpc) is 2.09. The summed E-state index contributed by atoms with van der Waals surface area (Å²) in [7, 11) is 1.58. The molecule has 0 saturated heterocycles. The molecule has 62 valence electrons. The third-order valence-electron chi connectivity index (χ3n) is 1.07. The van der Waals surface area contributed by atoms with Crippen LogP contribution >= 0.6 is 0 Å². The predicted octanol–water partition coefficient (Wildman–Crippen LogP) is 1.82. The van der Waals surface area contributed by atoms with Gasteiger partial charge in [-0.1, -0.05) is 13.8 Å². The fourth-order valence-electron chi connectivity index (χ4n) is 0.583. The maximum Gasteiger partial charge on any atom is 0.236 e. The Bertz CT molecular complexity index is 201. The maximum atomic E-state index is 4.87. The first-order chi connectivity index (χ1) is 5.34. The van der Waals surface area contributed by atoms with E-state index in [9.17, 15) is 0 Å². The molecule has 0 aliphatic heterocycles. The van der Waals surface area contributed by atoms with Crippen molar-refractivity contribution in [3.8, 4) is 5.88 Å². The number of aryl methyl sites for hydroxylation is 1. The Labute approximate surface area is 67.4 Å². The Kier molecular flexibility index (Phi) is 5.07. The topological polar surface area (TPSA) is 35.0 Å². The van der Waals surface area contributed by atoms with Crippen molar-refractivity contribution in [2.75, 3.05) is 7.11 Å². The molecule has 11 heavy (non-hydrogen) atoms. The van der Waals surface area contributed by atoms with E-state index in [2.05, 4.69) is 10.2 Å². The summed E-state index contributed by atoms with van der Waals surface area (Å²) in [5.74, 6) is 0.595. The summed E-state index contributed by atoms with van der Waals surface area (Å²) >= 11 is 0. The summed E-state index contributed by atoms with van der Waals surface area (Å²) in [5.41, 5.74) is 1.01. The average molecular weight is 154 g/mol. The van der Waals surface area contributed by atoms with Crippen molar-refractivity contribution in [1.82, 2.24) is 10.2 Å². The molecule has 0 aliphatic carbocycles. The molecule has 0 saturated carbocycles. The van der Waals surface area contributed by atoms with Crippen molar-refractivity contribution >= 4 is 0 Å². The number of hydrogen-bond donors (Lipinski definition) is 0. The molecular formula is C8H14N2O. The maximum absolute atomic E-state index is 4.87. The highest BCUT2D eigenvalue weighted by atomic mass is 16.5. The second kappa shape index (κ2) is 5.65. The SMILES string of the molecule is CC.COc1nnccc1C. The minimum atomic E-state index is 0.595. The summed E-state index contributed by atoms with van der Waals surface area (Å²) in [6, 6.07) is 1.85. The second-order valence-corrected chi connectivity index (χ2v) is 1.72. The van der Waals surface area contributed by atoms with Crippen molar-refractivity contribution in [3.63, 3.8) is 0 Å². The molecule has 0 aromatic carbocycles. The fraction of sp³-hybridized carbons (Fsp3) is 0.500. The van der Waals surface area contributed by atoms with Crippen LogP contribution in [0.4, 0.5) is 0 Å². The lowest BCUT2D eigenvalue weighted by atomic mass is 10.3. The van der Waals surface area contributed by atoms with Gasteiger partial charge in [0, 0.05) is 5.56 Å². The van der Waals surface area contributed by atoms with Crippen LogP contribution in [0.3, 0.4) is 0 Å². The number of ether oxygens (including phenoxy) is 1. The molecule has 1 aromatic rings. The van der Waals surface area contributed by atoms with E-state index in [0.29, 0.717) is 5.88 Å². The first-order valence-corrected chi connectivity index (χ1v) is 3.67. The summed E-state index contributed by atoms with van der Waals surface area (Å²) in [6.45, 7) is 5.92. The summed E-state index contributed by atoms with van der Waals surface area (Å²) in [5, 5.41) is 7.37. The van der Waals surface area contributed by atoms with Gasteiger partial charge in [0.25, 0.3) is 0 Å². The first-order valence-electron chi connectivity index (χ1n) is 3.67. The van der Waals surface area contributed by atoms with Crippen LogP contribution in [0, 0.1) is 6.92 Å². The van der Waals surface area contributed by atoms with Crippen LogP contribution in [0.5, 0.6) is 5.88 Å². The predicted molar refractivity (Wildman–Crippen MR) is 44.7 cm³/mol. The summed E-state index contributed by atoms with van der Waals surface area (Å²) in [4.78, 5) is 0. The third kappa shape index (κ3) is 2.98. The minimum Gasteiger partial charge on any atom is -0.480 e. The Morgan fingerprint density at radius 3 is 2.36 bits per heavy atom. The molecule has 0 spiro atoms. The number of rotatable bonds is 1. The van der Waals surface area contributed by atoms with Crippen LogP contribution < -0.4 is 4.74 Å². The molecule has 0 amide bonds. The van der Waals surface area contributed by atoms with Gasteiger partial charge in [0.05, 0.1) is 13.3 Å². The molecule has 1 rings (SSSR count). The normalized spacial score (nSPS) is 8.00. The largest absolute Gasteiger partial charge is 0.480 e. The van der Waals surface area contributed by atoms with E-state index in [1.54, 1.807) is 13.3 Å². The van der Waals surface area contributed by atoms with E-state index in [1.165, 1.54) is 0 Å². The molecule has 0 N–H and O–H groups in total. The lowest BCUT2D eigenvalue weighted by Crippen LogP contribution is -1.91. The molecule has 0 bridgehead atoms. The number of nitrogens with zero attached hydrogens (tertiary/aromatic N) is 2. The van der Waals surface area contributed by atoms with E-state index >= 15 is 0 Å². The third-order valence-corrected chi connectivity index (χ3v) is 1.07. The van der Waals surface area contributed by atoms with Gasteiger partial charge in [-0.2, -0.15) is 5.10 Å². The lowest BCUT2D eigenvalue weighted by Gasteiger charge is -1.97. The molecule has 1 aromatic heterocycles. The van der Waals surface area contributed by atoms with E-state index < -0.39 is 0 Å². The van der Waals surface area contributed by atoms with Gasteiger partial charge in [-0.3, -0.25) is 0 Å². The molecule has 1 heterocycles. The molecule has 0 fully saturated rings. The van der Waals surface area contributed by atoms with Gasteiger partial charge >= 0.3 is 0 Å². The Morgan fingerprint density at radius 2 is 2.00 bits per heavy atom. The van der Waals surface area contributed by atoms with Crippen LogP contribution in [0.15, 0.2) is 12.3 Å². The molecule has 3 heteroatoms. The molecular weight excluding hydrogens is 140 g/mol. The van der Waals surface area contributed by atoms with E-state index in [1.807, 2.05) is 26.8 Å². The highest BCUT2D eigenvalue weighted by Gasteiger charge is 1.94.